The molecule has 0 aliphatic heterocycles. The van der Waals surface area contributed by atoms with Gasteiger partial charge in [-0.1, -0.05) is 30.3 Å². The van der Waals surface area contributed by atoms with E-state index >= 15 is 0 Å². The summed E-state index contributed by atoms with van der Waals surface area (Å²) in [5, 5.41) is 0. The third kappa shape index (κ3) is 2.15. The number of carbonyl (C=O) groups excluding carboxylic acids is 1. The van der Waals surface area contributed by atoms with Gasteiger partial charge in [-0.05, 0) is 75.4 Å². The molecule has 4 aliphatic carbocycles. The first-order valence-corrected chi connectivity index (χ1v) is 8.75. The van der Waals surface area contributed by atoms with Crippen molar-refractivity contribution in [2.45, 2.75) is 43.9 Å². The average molecular weight is 297 g/mol. The minimum Gasteiger partial charge on any atom is -0.302 e. The number of hydrogen-bond acceptors (Lipinski definition) is 2. The molecule has 0 spiro atoms. The number of likely N-dealkylation sites (N-methyl/N-ethyl adjacent to an activating group) is 1. The fourth-order valence-corrected chi connectivity index (χ4v) is 6.17. The van der Waals surface area contributed by atoms with Crippen molar-refractivity contribution in [1.29, 1.82) is 0 Å². The number of nitrogens with zero attached hydrogens (tertiary/aromatic N) is 1. The highest BCUT2D eigenvalue weighted by Gasteiger charge is 2.60. The molecule has 22 heavy (non-hydrogen) atoms. The van der Waals surface area contributed by atoms with Gasteiger partial charge in [0, 0.05) is 5.41 Å². The van der Waals surface area contributed by atoms with Crippen LogP contribution in [-0.4, -0.2) is 31.3 Å². The van der Waals surface area contributed by atoms with Crippen LogP contribution in [0.5, 0.6) is 0 Å². The fraction of sp³-hybridized carbons (Fsp3) is 0.650. The van der Waals surface area contributed by atoms with Crippen molar-refractivity contribution in [3.05, 3.63) is 35.9 Å². The van der Waals surface area contributed by atoms with E-state index in [0.717, 1.165) is 31.1 Å². The molecule has 0 aromatic heterocycles. The van der Waals surface area contributed by atoms with Gasteiger partial charge in [0.15, 0.2) is 5.78 Å². The predicted molar refractivity (Wildman–Crippen MR) is 88.8 cm³/mol. The van der Waals surface area contributed by atoms with Gasteiger partial charge in [-0.3, -0.25) is 4.79 Å². The first-order chi connectivity index (χ1) is 10.5. The second-order valence-electron chi connectivity index (χ2n) is 8.55. The van der Waals surface area contributed by atoms with Crippen molar-refractivity contribution >= 4 is 5.78 Å². The highest BCUT2D eigenvalue weighted by Crippen LogP contribution is 2.65. The Morgan fingerprint density at radius 2 is 1.73 bits per heavy atom. The maximum Gasteiger partial charge on any atom is 0.152 e. The predicted octanol–water partition coefficient (Wildman–Crippen LogP) is 3.66. The Morgan fingerprint density at radius 3 is 2.32 bits per heavy atom. The van der Waals surface area contributed by atoms with Crippen LogP contribution in [0.3, 0.4) is 0 Å². The van der Waals surface area contributed by atoms with Gasteiger partial charge in [-0.25, -0.2) is 0 Å². The van der Waals surface area contributed by atoms with E-state index in [-0.39, 0.29) is 10.8 Å². The van der Waals surface area contributed by atoms with Crippen LogP contribution in [0.15, 0.2) is 30.3 Å². The minimum absolute atomic E-state index is 0.0236. The number of benzene rings is 1. The van der Waals surface area contributed by atoms with Gasteiger partial charge in [0.25, 0.3) is 0 Å². The van der Waals surface area contributed by atoms with Crippen LogP contribution in [0.1, 0.15) is 44.1 Å². The lowest BCUT2D eigenvalue weighted by Gasteiger charge is -2.62. The first-order valence-electron chi connectivity index (χ1n) is 8.75. The third-order valence-corrected chi connectivity index (χ3v) is 6.50. The van der Waals surface area contributed by atoms with Crippen molar-refractivity contribution < 1.29 is 4.79 Å². The largest absolute Gasteiger partial charge is 0.302 e. The van der Waals surface area contributed by atoms with Gasteiger partial charge in [-0.15, -0.1) is 0 Å². The van der Waals surface area contributed by atoms with E-state index in [1.54, 1.807) is 0 Å². The molecule has 2 atom stereocenters. The molecule has 5 rings (SSSR count). The molecule has 1 aromatic carbocycles. The number of hydrogen-bond donors (Lipinski definition) is 0. The van der Waals surface area contributed by atoms with Crippen molar-refractivity contribution in [2.24, 2.45) is 17.3 Å². The zero-order valence-electron chi connectivity index (χ0n) is 13.8. The van der Waals surface area contributed by atoms with E-state index in [1.807, 2.05) is 14.1 Å². The summed E-state index contributed by atoms with van der Waals surface area (Å²) in [4.78, 5) is 15.1. The van der Waals surface area contributed by atoms with Crippen LogP contribution in [0.4, 0.5) is 0 Å². The third-order valence-electron chi connectivity index (χ3n) is 6.50. The standard InChI is InChI=1S/C20H27NO/c1-21(2)13-18(22)20-11-15-8-16(12-20)10-19(9-15,14-20)17-6-4-3-5-7-17/h3-7,15-16H,8-14H2,1-2H3/t15-,16-,19?,20?/m1/s1. The summed E-state index contributed by atoms with van der Waals surface area (Å²) < 4.78 is 0. The number of carbonyl (C=O) groups is 1. The zero-order chi connectivity index (χ0) is 15.4. The van der Waals surface area contributed by atoms with Crippen LogP contribution < -0.4 is 0 Å². The van der Waals surface area contributed by atoms with Crippen molar-refractivity contribution in [2.75, 3.05) is 20.6 Å². The molecule has 2 heteroatoms. The molecule has 4 fully saturated rings. The molecule has 4 aliphatic rings. The molecule has 0 heterocycles. The molecule has 4 saturated carbocycles. The van der Waals surface area contributed by atoms with Gasteiger partial charge in [-0.2, -0.15) is 0 Å². The van der Waals surface area contributed by atoms with E-state index < -0.39 is 0 Å². The van der Waals surface area contributed by atoms with E-state index in [1.165, 1.54) is 24.8 Å². The monoisotopic (exact) mass is 297 g/mol. The Morgan fingerprint density at radius 1 is 1.09 bits per heavy atom. The van der Waals surface area contributed by atoms with E-state index in [0.29, 0.717) is 12.3 Å². The molecule has 0 N–H and O–H groups in total. The lowest BCUT2D eigenvalue weighted by atomic mass is 9.42. The Hall–Kier alpha value is -1.15. The molecule has 2 nitrogen and oxygen atoms in total. The van der Waals surface area contributed by atoms with Gasteiger partial charge in [0.2, 0.25) is 0 Å². The quantitative estimate of drug-likeness (QED) is 0.845. The van der Waals surface area contributed by atoms with Gasteiger partial charge < -0.3 is 4.90 Å². The summed E-state index contributed by atoms with van der Waals surface area (Å²) in [6.07, 6.45) is 7.40. The molecule has 0 radical (unpaired) electrons. The van der Waals surface area contributed by atoms with Gasteiger partial charge in [0.1, 0.15) is 0 Å². The molecule has 118 valence electrons. The Labute approximate surface area is 133 Å². The Bertz CT molecular complexity index is 563. The fourth-order valence-electron chi connectivity index (χ4n) is 6.17. The SMILES string of the molecule is CN(C)CC(=O)C12C[C@@H]3C[C@@H](C1)CC(c1ccccc1)(C3)C2. The molecule has 1 aromatic rings. The van der Waals surface area contributed by atoms with Gasteiger partial charge >= 0.3 is 0 Å². The summed E-state index contributed by atoms with van der Waals surface area (Å²) in [7, 11) is 4.04. The summed E-state index contributed by atoms with van der Waals surface area (Å²) in [5.41, 5.74) is 1.75. The molecular weight excluding hydrogens is 270 g/mol. The molecule has 0 unspecified atom stereocenters. The van der Waals surface area contributed by atoms with E-state index in [9.17, 15) is 4.79 Å². The Balaban J connectivity index is 1.71. The van der Waals surface area contributed by atoms with Gasteiger partial charge in [0.05, 0.1) is 6.54 Å². The number of ketones is 1. The van der Waals surface area contributed by atoms with Crippen LogP contribution in [0, 0.1) is 17.3 Å². The summed E-state index contributed by atoms with van der Waals surface area (Å²) in [6, 6.07) is 11.1. The molecule has 4 bridgehead atoms. The Kier molecular flexibility index (Phi) is 3.23. The van der Waals surface area contributed by atoms with Crippen LogP contribution in [0.2, 0.25) is 0 Å². The molecular formula is C20H27NO. The van der Waals surface area contributed by atoms with Crippen molar-refractivity contribution in [3.8, 4) is 0 Å². The maximum absolute atomic E-state index is 13.0. The maximum atomic E-state index is 13.0. The normalized spacial score (nSPS) is 39.4. The minimum atomic E-state index is -0.0236. The second-order valence-corrected chi connectivity index (χ2v) is 8.55. The van der Waals surface area contributed by atoms with Crippen LogP contribution in [0.25, 0.3) is 0 Å². The second kappa shape index (κ2) is 4.92. The summed E-state index contributed by atoms with van der Waals surface area (Å²) in [5.74, 6) is 2.05. The average Bonchev–Trinajstić information content (AvgIpc) is 2.46. The van der Waals surface area contributed by atoms with E-state index in [2.05, 4.69) is 35.2 Å². The van der Waals surface area contributed by atoms with Crippen LogP contribution in [-0.2, 0) is 10.2 Å². The summed E-state index contributed by atoms with van der Waals surface area (Å²) >= 11 is 0. The molecule has 0 saturated heterocycles. The number of rotatable bonds is 4. The van der Waals surface area contributed by atoms with Crippen LogP contribution >= 0.6 is 0 Å². The summed E-state index contributed by atoms with van der Waals surface area (Å²) in [6.45, 7) is 0.615. The first kappa shape index (κ1) is 14.4. The molecule has 0 amide bonds. The van der Waals surface area contributed by atoms with Crippen molar-refractivity contribution in [3.63, 3.8) is 0 Å². The lowest BCUT2D eigenvalue weighted by molar-refractivity contribution is -0.147. The smallest absolute Gasteiger partial charge is 0.152 e. The van der Waals surface area contributed by atoms with Crippen molar-refractivity contribution in [1.82, 2.24) is 4.90 Å². The highest BCUT2D eigenvalue weighted by atomic mass is 16.1. The topological polar surface area (TPSA) is 20.3 Å². The zero-order valence-corrected chi connectivity index (χ0v) is 13.8. The van der Waals surface area contributed by atoms with E-state index in [4.69, 9.17) is 0 Å². The number of Topliss-reactive ketones (excluding diaryl/α,β-unsaturated/α-hetero) is 1. The highest BCUT2D eigenvalue weighted by molar-refractivity contribution is 5.87. The lowest BCUT2D eigenvalue weighted by Crippen LogP contribution is -2.57.